The number of benzene rings is 1. The van der Waals surface area contributed by atoms with Crippen molar-refractivity contribution in [2.75, 3.05) is 5.32 Å². The Hall–Kier alpha value is -2.96. The van der Waals surface area contributed by atoms with Crippen molar-refractivity contribution in [1.82, 2.24) is 0 Å². The molecule has 6 nitrogen and oxygen atoms in total. The Morgan fingerprint density at radius 2 is 1.95 bits per heavy atom. The summed E-state index contributed by atoms with van der Waals surface area (Å²) in [5.41, 5.74) is -1.06. The van der Waals surface area contributed by atoms with E-state index < -0.39 is 23.3 Å². The van der Waals surface area contributed by atoms with E-state index in [1.807, 2.05) is 0 Å². The summed E-state index contributed by atoms with van der Waals surface area (Å²) < 4.78 is 17.6. The van der Waals surface area contributed by atoms with Gasteiger partial charge < -0.3 is 14.8 Å². The molecule has 0 unspecified atom stereocenters. The number of hydrogen-bond acceptors (Lipinski definition) is 4. The highest BCUT2D eigenvalue weighted by atomic mass is 19.1. The molecular weight excluding hydrogens is 269 g/mol. The number of rotatable bonds is 3. The maximum absolute atomic E-state index is 13.1. The number of amides is 1. The molecule has 2 aromatic rings. The molecule has 0 fully saturated rings. The molecule has 0 aliphatic heterocycles. The molecule has 102 valence electrons. The van der Waals surface area contributed by atoms with Crippen LogP contribution in [0.15, 0.2) is 45.8 Å². The monoisotopic (exact) mass is 277 g/mol. The van der Waals surface area contributed by atoms with Gasteiger partial charge >= 0.3 is 11.6 Å². The first-order chi connectivity index (χ1) is 9.47. The summed E-state index contributed by atoms with van der Waals surface area (Å²) in [5.74, 6) is -2.72. The summed E-state index contributed by atoms with van der Waals surface area (Å²) in [6.07, 6.45) is 0.928. The van der Waals surface area contributed by atoms with Gasteiger partial charge in [-0.05, 0) is 24.3 Å². The van der Waals surface area contributed by atoms with Gasteiger partial charge in [0.2, 0.25) is 0 Å². The van der Waals surface area contributed by atoms with Gasteiger partial charge in [-0.1, -0.05) is 0 Å². The Labute approximate surface area is 111 Å². The largest absolute Gasteiger partial charge is 0.478 e. The molecule has 1 aromatic heterocycles. The number of carboxylic acids is 1. The lowest BCUT2D eigenvalue weighted by Gasteiger charge is -2.08. The smallest absolute Gasteiger partial charge is 0.337 e. The van der Waals surface area contributed by atoms with Gasteiger partial charge in [-0.2, -0.15) is 0 Å². The van der Waals surface area contributed by atoms with Gasteiger partial charge in [-0.15, -0.1) is 0 Å². The minimum absolute atomic E-state index is 0.00481. The average molecular weight is 277 g/mol. The molecule has 7 heteroatoms. The van der Waals surface area contributed by atoms with E-state index >= 15 is 0 Å². The highest BCUT2D eigenvalue weighted by Crippen LogP contribution is 2.18. The molecule has 1 amide bonds. The van der Waals surface area contributed by atoms with Crippen molar-refractivity contribution in [3.63, 3.8) is 0 Å². The third kappa shape index (κ3) is 2.89. The maximum Gasteiger partial charge on any atom is 0.337 e. The normalized spacial score (nSPS) is 10.1. The summed E-state index contributed by atoms with van der Waals surface area (Å²) in [6, 6.07) is 5.15. The van der Waals surface area contributed by atoms with Crippen LogP contribution in [0.25, 0.3) is 0 Å². The number of halogens is 1. The Bertz CT molecular complexity index is 717. The molecule has 1 heterocycles. The van der Waals surface area contributed by atoms with Crippen LogP contribution in [0.2, 0.25) is 0 Å². The second kappa shape index (κ2) is 5.35. The van der Waals surface area contributed by atoms with E-state index in [1.54, 1.807) is 0 Å². The highest BCUT2D eigenvalue weighted by molar-refractivity contribution is 6.07. The summed E-state index contributed by atoms with van der Waals surface area (Å²) in [5, 5.41) is 11.2. The van der Waals surface area contributed by atoms with E-state index in [-0.39, 0.29) is 16.8 Å². The summed E-state index contributed by atoms with van der Waals surface area (Å²) in [7, 11) is 0. The van der Waals surface area contributed by atoms with Crippen LogP contribution in [-0.4, -0.2) is 17.0 Å². The van der Waals surface area contributed by atoms with Crippen LogP contribution >= 0.6 is 0 Å². The number of anilines is 1. The topological polar surface area (TPSA) is 96.6 Å². The lowest BCUT2D eigenvalue weighted by atomic mass is 10.1. The Morgan fingerprint density at radius 1 is 1.20 bits per heavy atom. The van der Waals surface area contributed by atoms with Crippen molar-refractivity contribution in [1.29, 1.82) is 0 Å². The third-order valence-corrected chi connectivity index (χ3v) is 2.42. The molecule has 0 saturated carbocycles. The fourth-order valence-electron chi connectivity index (χ4n) is 1.49. The van der Waals surface area contributed by atoms with Crippen LogP contribution in [0, 0.1) is 5.82 Å². The van der Waals surface area contributed by atoms with Crippen LogP contribution in [-0.2, 0) is 0 Å². The van der Waals surface area contributed by atoms with Crippen LogP contribution < -0.4 is 10.9 Å². The van der Waals surface area contributed by atoms with Crippen LogP contribution in [0.4, 0.5) is 10.1 Å². The zero-order valence-corrected chi connectivity index (χ0v) is 9.92. The molecule has 0 radical (unpaired) electrons. The standard InChI is InChI=1S/C13H8FNO5/c14-8-2-3-9(13(18)19)10(5-8)15-12(17)7-1-4-11(16)20-6-7/h1-6H,(H,15,17)(H,18,19). The number of carbonyl (C=O) groups is 2. The predicted octanol–water partition coefficient (Wildman–Crippen LogP) is 1.73. The summed E-state index contributed by atoms with van der Waals surface area (Å²) >= 11 is 0. The van der Waals surface area contributed by atoms with Crippen molar-refractivity contribution >= 4 is 17.6 Å². The summed E-state index contributed by atoms with van der Waals surface area (Å²) in [6.45, 7) is 0. The molecule has 0 bridgehead atoms. The number of carboxylic acid groups (broad SMARTS) is 1. The van der Waals surface area contributed by atoms with Gasteiger partial charge in [0.1, 0.15) is 12.1 Å². The Morgan fingerprint density at radius 3 is 2.55 bits per heavy atom. The predicted molar refractivity (Wildman–Crippen MR) is 66.3 cm³/mol. The SMILES string of the molecule is O=C(Nc1cc(F)ccc1C(=O)O)c1ccc(=O)oc1. The molecular formula is C13H8FNO5. The van der Waals surface area contributed by atoms with Gasteiger partial charge in [0.15, 0.2) is 0 Å². The van der Waals surface area contributed by atoms with Gasteiger partial charge in [0.05, 0.1) is 16.8 Å². The van der Waals surface area contributed by atoms with Gasteiger partial charge in [-0.25, -0.2) is 14.0 Å². The average Bonchev–Trinajstić information content (AvgIpc) is 2.39. The van der Waals surface area contributed by atoms with E-state index in [0.29, 0.717) is 0 Å². The van der Waals surface area contributed by atoms with E-state index in [2.05, 4.69) is 9.73 Å². The molecule has 0 spiro atoms. The second-order valence-corrected chi connectivity index (χ2v) is 3.79. The van der Waals surface area contributed by atoms with E-state index in [0.717, 1.165) is 30.5 Å². The zero-order valence-electron chi connectivity index (χ0n) is 9.92. The molecule has 0 aliphatic carbocycles. The van der Waals surface area contributed by atoms with E-state index in [1.165, 1.54) is 6.07 Å². The summed E-state index contributed by atoms with van der Waals surface area (Å²) in [4.78, 5) is 33.6. The lowest BCUT2D eigenvalue weighted by Crippen LogP contribution is -2.15. The molecule has 1 aromatic carbocycles. The third-order valence-electron chi connectivity index (χ3n) is 2.42. The first-order valence-corrected chi connectivity index (χ1v) is 5.40. The molecule has 2 rings (SSSR count). The van der Waals surface area contributed by atoms with Crippen molar-refractivity contribution in [2.45, 2.75) is 0 Å². The van der Waals surface area contributed by atoms with Crippen LogP contribution in [0.5, 0.6) is 0 Å². The molecule has 0 saturated heterocycles. The molecule has 20 heavy (non-hydrogen) atoms. The molecule has 2 N–H and O–H groups in total. The van der Waals surface area contributed by atoms with Crippen molar-refractivity contribution in [3.8, 4) is 0 Å². The van der Waals surface area contributed by atoms with E-state index in [9.17, 15) is 18.8 Å². The molecule has 0 aliphatic rings. The van der Waals surface area contributed by atoms with Crippen molar-refractivity contribution in [2.24, 2.45) is 0 Å². The molecule has 0 atom stereocenters. The first kappa shape index (κ1) is 13.5. The number of aromatic carboxylic acids is 1. The first-order valence-electron chi connectivity index (χ1n) is 5.40. The lowest BCUT2D eigenvalue weighted by molar-refractivity contribution is 0.0698. The number of nitrogens with one attached hydrogen (secondary N) is 1. The van der Waals surface area contributed by atoms with Crippen molar-refractivity contribution < 1.29 is 23.5 Å². The Kier molecular flexibility index (Phi) is 3.60. The fourth-order valence-corrected chi connectivity index (χ4v) is 1.49. The van der Waals surface area contributed by atoms with Gasteiger partial charge in [0, 0.05) is 6.07 Å². The van der Waals surface area contributed by atoms with Gasteiger partial charge in [0.25, 0.3) is 5.91 Å². The fraction of sp³-hybridized carbons (Fsp3) is 0. The van der Waals surface area contributed by atoms with Crippen LogP contribution in [0.1, 0.15) is 20.7 Å². The second-order valence-electron chi connectivity index (χ2n) is 3.79. The van der Waals surface area contributed by atoms with Gasteiger partial charge in [-0.3, -0.25) is 4.79 Å². The zero-order chi connectivity index (χ0) is 14.7. The van der Waals surface area contributed by atoms with E-state index in [4.69, 9.17) is 5.11 Å². The quantitative estimate of drug-likeness (QED) is 0.890. The number of carbonyl (C=O) groups excluding carboxylic acids is 1. The highest BCUT2D eigenvalue weighted by Gasteiger charge is 2.14. The van der Waals surface area contributed by atoms with Crippen LogP contribution in [0.3, 0.4) is 0 Å². The minimum Gasteiger partial charge on any atom is -0.478 e. The maximum atomic E-state index is 13.1. The number of hydrogen-bond donors (Lipinski definition) is 2. The Balaban J connectivity index is 2.32. The minimum atomic E-state index is -1.31. The van der Waals surface area contributed by atoms with Crippen molar-refractivity contribution in [3.05, 3.63) is 64.0 Å².